The molecular weight excluding hydrogens is 280 g/mol. The first-order valence-electron chi connectivity index (χ1n) is 7.90. The SMILES string of the molecule is COCc1nc(C)cc(N(C)CCN2C[C@@H](C)O[C@@H](C)C2)n1. The van der Waals surface area contributed by atoms with Crippen molar-refractivity contribution in [1.29, 1.82) is 0 Å². The van der Waals surface area contributed by atoms with Crippen molar-refractivity contribution in [1.82, 2.24) is 14.9 Å². The maximum atomic E-state index is 5.78. The highest BCUT2D eigenvalue weighted by Gasteiger charge is 2.22. The minimum absolute atomic E-state index is 0.309. The second-order valence-electron chi connectivity index (χ2n) is 6.16. The lowest BCUT2D eigenvalue weighted by atomic mass is 10.2. The van der Waals surface area contributed by atoms with Gasteiger partial charge in [-0.05, 0) is 20.8 Å². The molecule has 2 heterocycles. The molecule has 1 saturated heterocycles. The number of rotatable bonds is 6. The van der Waals surface area contributed by atoms with Crippen molar-refractivity contribution < 1.29 is 9.47 Å². The van der Waals surface area contributed by atoms with Gasteiger partial charge in [0.05, 0.1) is 12.2 Å². The number of aromatic nitrogens is 2. The zero-order valence-electron chi connectivity index (χ0n) is 14.4. The van der Waals surface area contributed by atoms with Gasteiger partial charge in [0.15, 0.2) is 5.82 Å². The summed E-state index contributed by atoms with van der Waals surface area (Å²) >= 11 is 0. The lowest BCUT2D eigenvalue weighted by Gasteiger charge is -2.36. The highest BCUT2D eigenvalue weighted by molar-refractivity contribution is 5.38. The van der Waals surface area contributed by atoms with Crippen LogP contribution in [0, 0.1) is 6.92 Å². The van der Waals surface area contributed by atoms with Crippen molar-refractivity contribution >= 4 is 5.82 Å². The maximum Gasteiger partial charge on any atom is 0.156 e. The first-order chi connectivity index (χ1) is 10.5. The van der Waals surface area contributed by atoms with Crippen LogP contribution < -0.4 is 4.90 Å². The Labute approximate surface area is 133 Å². The number of aryl methyl sites for hydroxylation is 1. The third-order valence-electron chi connectivity index (χ3n) is 3.80. The monoisotopic (exact) mass is 308 g/mol. The third-order valence-corrected chi connectivity index (χ3v) is 3.80. The second-order valence-corrected chi connectivity index (χ2v) is 6.16. The van der Waals surface area contributed by atoms with E-state index < -0.39 is 0 Å². The summed E-state index contributed by atoms with van der Waals surface area (Å²) in [5.41, 5.74) is 0.970. The van der Waals surface area contributed by atoms with Crippen molar-refractivity contribution in [2.75, 3.05) is 45.2 Å². The van der Waals surface area contributed by atoms with Gasteiger partial charge in [0.2, 0.25) is 0 Å². The maximum absolute atomic E-state index is 5.78. The van der Waals surface area contributed by atoms with Crippen LogP contribution in [0.2, 0.25) is 0 Å². The lowest BCUT2D eigenvalue weighted by Crippen LogP contribution is -2.47. The zero-order chi connectivity index (χ0) is 16.1. The number of anilines is 1. The third kappa shape index (κ3) is 4.90. The average Bonchev–Trinajstić information content (AvgIpc) is 2.43. The Bertz CT molecular complexity index is 473. The van der Waals surface area contributed by atoms with Crippen molar-refractivity contribution in [3.8, 4) is 0 Å². The molecule has 1 fully saturated rings. The quantitative estimate of drug-likeness (QED) is 0.793. The number of ether oxygens (including phenoxy) is 2. The fourth-order valence-electron chi connectivity index (χ4n) is 2.87. The van der Waals surface area contributed by atoms with E-state index in [-0.39, 0.29) is 0 Å². The normalized spacial score (nSPS) is 22.8. The van der Waals surface area contributed by atoms with Gasteiger partial charge >= 0.3 is 0 Å². The molecule has 1 aromatic rings. The Morgan fingerprint density at radius 3 is 2.64 bits per heavy atom. The molecule has 0 bridgehead atoms. The van der Waals surface area contributed by atoms with Gasteiger partial charge in [0, 0.05) is 52.1 Å². The molecule has 2 rings (SSSR count). The van der Waals surface area contributed by atoms with Crippen LogP contribution >= 0.6 is 0 Å². The van der Waals surface area contributed by atoms with E-state index >= 15 is 0 Å². The molecule has 1 aromatic heterocycles. The van der Waals surface area contributed by atoms with E-state index in [1.807, 2.05) is 13.0 Å². The molecule has 6 heteroatoms. The number of methoxy groups -OCH3 is 1. The van der Waals surface area contributed by atoms with E-state index in [1.165, 1.54) is 0 Å². The summed E-state index contributed by atoms with van der Waals surface area (Å²) < 4.78 is 10.9. The smallest absolute Gasteiger partial charge is 0.156 e. The standard InChI is InChI=1S/C16H28N4O2/c1-12-8-16(18-15(17-12)11-21-5)19(4)6-7-20-9-13(2)22-14(3)10-20/h8,13-14H,6-7,9-11H2,1-5H3/t13-,14+. The number of nitrogens with zero attached hydrogens (tertiary/aromatic N) is 4. The van der Waals surface area contributed by atoms with Crippen LogP contribution in [0.5, 0.6) is 0 Å². The molecule has 22 heavy (non-hydrogen) atoms. The van der Waals surface area contributed by atoms with Crippen LogP contribution in [0.15, 0.2) is 6.07 Å². The molecule has 1 aliphatic heterocycles. The minimum atomic E-state index is 0.309. The van der Waals surface area contributed by atoms with Crippen molar-refractivity contribution in [2.45, 2.75) is 39.6 Å². The predicted molar refractivity (Wildman–Crippen MR) is 87.2 cm³/mol. The molecule has 0 N–H and O–H groups in total. The summed E-state index contributed by atoms with van der Waals surface area (Å²) in [7, 11) is 3.74. The largest absolute Gasteiger partial charge is 0.377 e. The van der Waals surface area contributed by atoms with Crippen LogP contribution in [-0.4, -0.2) is 67.4 Å². The number of likely N-dealkylation sites (N-methyl/N-ethyl adjacent to an activating group) is 1. The summed E-state index contributed by atoms with van der Waals surface area (Å²) in [6, 6.07) is 2.02. The predicted octanol–water partition coefficient (Wildman–Crippen LogP) is 1.48. The Balaban J connectivity index is 1.92. The Hall–Kier alpha value is -1.24. The van der Waals surface area contributed by atoms with Crippen LogP contribution in [0.4, 0.5) is 5.82 Å². The highest BCUT2D eigenvalue weighted by atomic mass is 16.5. The molecule has 0 saturated carbocycles. The van der Waals surface area contributed by atoms with Gasteiger partial charge < -0.3 is 14.4 Å². The van der Waals surface area contributed by atoms with Gasteiger partial charge in [-0.25, -0.2) is 9.97 Å². The Morgan fingerprint density at radius 2 is 2.00 bits per heavy atom. The van der Waals surface area contributed by atoms with Crippen molar-refractivity contribution in [3.05, 3.63) is 17.6 Å². The fourth-order valence-corrected chi connectivity index (χ4v) is 2.87. The summed E-state index contributed by atoms with van der Waals surface area (Å²) in [5, 5.41) is 0. The van der Waals surface area contributed by atoms with E-state index in [0.717, 1.165) is 43.5 Å². The number of hydrogen-bond donors (Lipinski definition) is 0. The van der Waals surface area contributed by atoms with Crippen molar-refractivity contribution in [3.63, 3.8) is 0 Å². The Kier molecular flexibility index (Phi) is 6.11. The molecule has 0 aliphatic carbocycles. The zero-order valence-corrected chi connectivity index (χ0v) is 14.4. The minimum Gasteiger partial charge on any atom is -0.377 e. The van der Waals surface area contributed by atoms with E-state index in [2.05, 4.69) is 40.7 Å². The molecule has 2 atom stereocenters. The summed E-state index contributed by atoms with van der Waals surface area (Å²) in [4.78, 5) is 13.6. The average molecular weight is 308 g/mol. The van der Waals surface area contributed by atoms with Crippen molar-refractivity contribution in [2.24, 2.45) is 0 Å². The first-order valence-corrected chi connectivity index (χ1v) is 7.90. The second kappa shape index (κ2) is 7.85. The fraction of sp³-hybridized carbons (Fsp3) is 0.750. The molecule has 0 amide bonds. The molecule has 124 valence electrons. The van der Waals surface area contributed by atoms with E-state index in [9.17, 15) is 0 Å². The van der Waals surface area contributed by atoms with Crippen LogP contribution in [0.25, 0.3) is 0 Å². The summed E-state index contributed by atoms with van der Waals surface area (Å²) in [6.07, 6.45) is 0.618. The van der Waals surface area contributed by atoms with E-state index in [0.29, 0.717) is 18.8 Å². The molecular formula is C16H28N4O2. The van der Waals surface area contributed by atoms with Gasteiger partial charge in [-0.3, -0.25) is 4.90 Å². The summed E-state index contributed by atoms with van der Waals surface area (Å²) in [5.74, 6) is 1.69. The van der Waals surface area contributed by atoms with Gasteiger partial charge in [0.25, 0.3) is 0 Å². The van der Waals surface area contributed by atoms with E-state index in [1.54, 1.807) is 7.11 Å². The number of morpholine rings is 1. The Morgan fingerprint density at radius 1 is 1.32 bits per heavy atom. The van der Waals surface area contributed by atoms with Gasteiger partial charge in [-0.15, -0.1) is 0 Å². The van der Waals surface area contributed by atoms with Gasteiger partial charge in [0.1, 0.15) is 12.4 Å². The van der Waals surface area contributed by atoms with E-state index in [4.69, 9.17) is 9.47 Å². The van der Waals surface area contributed by atoms with Crippen LogP contribution in [0.1, 0.15) is 25.4 Å². The van der Waals surface area contributed by atoms with Crippen LogP contribution in [0.3, 0.4) is 0 Å². The molecule has 1 aliphatic rings. The lowest BCUT2D eigenvalue weighted by molar-refractivity contribution is -0.0670. The van der Waals surface area contributed by atoms with Gasteiger partial charge in [-0.1, -0.05) is 0 Å². The molecule has 0 radical (unpaired) electrons. The van der Waals surface area contributed by atoms with Crippen LogP contribution in [-0.2, 0) is 16.1 Å². The number of hydrogen-bond acceptors (Lipinski definition) is 6. The molecule has 0 unspecified atom stereocenters. The highest BCUT2D eigenvalue weighted by Crippen LogP contribution is 2.13. The summed E-state index contributed by atoms with van der Waals surface area (Å²) in [6.45, 7) is 10.6. The molecule has 0 aromatic carbocycles. The molecule has 6 nitrogen and oxygen atoms in total. The van der Waals surface area contributed by atoms with Gasteiger partial charge in [-0.2, -0.15) is 0 Å². The topological polar surface area (TPSA) is 50.7 Å². The molecule has 0 spiro atoms. The first kappa shape index (κ1) is 17.1.